The van der Waals surface area contributed by atoms with Crippen LogP contribution in [0.4, 0.5) is 11.4 Å². The average Bonchev–Trinajstić information content (AvgIpc) is 3.02. The lowest BCUT2D eigenvalue weighted by Crippen LogP contribution is -2.45. The minimum Gasteiger partial charge on any atom is -0.482 e. The van der Waals surface area contributed by atoms with Crippen molar-refractivity contribution < 1.29 is 18.7 Å². The number of nitrogens with one attached hydrogen (secondary N) is 1. The number of nitrogens with zero attached hydrogens (tertiary/aromatic N) is 1. The van der Waals surface area contributed by atoms with E-state index in [9.17, 15) is 9.59 Å². The van der Waals surface area contributed by atoms with Crippen molar-refractivity contribution in [2.24, 2.45) is 0 Å². The third-order valence-corrected chi connectivity index (χ3v) is 3.27. The van der Waals surface area contributed by atoms with Crippen LogP contribution in [-0.2, 0) is 16.1 Å². The van der Waals surface area contributed by atoms with Crippen molar-refractivity contribution in [2.75, 3.05) is 23.8 Å². The van der Waals surface area contributed by atoms with Crippen LogP contribution in [0.15, 0.2) is 41.0 Å². The molecule has 2 aromatic rings. The Morgan fingerprint density at radius 1 is 1.36 bits per heavy atom. The fourth-order valence-electron chi connectivity index (χ4n) is 2.19. The molecule has 114 valence electrons. The summed E-state index contributed by atoms with van der Waals surface area (Å²) in [4.78, 5) is 25.4. The van der Waals surface area contributed by atoms with Gasteiger partial charge in [-0.2, -0.15) is 0 Å². The van der Waals surface area contributed by atoms with Gasteiger partial charge in [0.2, 0.25) is 5.91 Å². The van der Waals surface area contributed by atoms with Gasteiger partial charge >= 0.3 is 0 Å². The maximum atomic E-state index is 12.0. The number of fused-ring (bicyclic) bond motifs is 1. The van der Waals surface area contributed by atoms with Gasteiger partial charge in [0.05, 0.1) is 18.5 Å². The number of hydrogen-bond donors (Lipinski definition) is 2. The molecule has 0 radical (unpaired) electrons. The van der Waals surface area contributed by atoms with Gasteiger partial charge < -0.3 is 20.2 Å². The third-order valence-electron chi connectivity index (χ3n) is 3.27. The summed E-state index contributed by atoms with van der Waals surface area (Å²) in [6, 6.07) is 8.49. The zero-order chi connectivity index (χ0) is 15.5. The number of amides is 2. The van der Waals surface area contributed by atoms with E-state index < -0.39 is 0 Å². The fraction of sp³-hybridized carbons (Fsp3) is 0.200. The second kappa shape index (κ2) is 5.80. The van der Waals surface area contributed by atoms with Crippen molar-refractivity contribution in [3.05, 3.63) is 42.4 Å². The first-order valence-electron chi connectivity index (χ1n) is 6.75. The van der Waals surface area contributed by atoms with Crippen LogP contribution in [0.3, 0.4) is 0 Å². The van der Waals surface area contributed by atoms with Crippen molar-refractivity contribution in [3.63, 3.8) is 0 Å². The molecule has 2 heterocycles. The SMILES string of the molecule is Nc1ccc2c(c1)N(CC(=O)NCc1ccco1)C(=O)CO2. The Labute approximate surface area is 126 Å². The van der Waals surface area contributed by atoms with E-state index >= 15 is 0 Å². The first kappa shape index (κ1) is 14.0. The van der Waals surface area contributed by atoms with Crippen LogP contribution < -0.4 is 20.7 Å². The summed E-state index contributed by atoms with van der Waals surface area (Å²) < 4.78 is 10.5. The van der Waals surface area contributed by atoms with Gasteiger partial charge in [0, 0.05) is 5.69 Å². The molecule has 22 heavy (non-hydrogen) atoms. The van der Waals surface area contributed by atoms with Gasteiger partial charge in [-0.3, -0.25) is 14.5 Å². The van der Waals surface area contributed by atoms with E-state index in [1.165, 1.54) is 11.2 Å². The third kappa shape index (κ3) is 2.88. The predicted octanol–water partition coefficient (Wildman–Crippen LogP) is 0.904. The largest absolute Gasteiger partial charge is 0.482 e. The van der Waals surface area contributed by atoms with Crippen molar-refractivity contribution >= 4 is 23.2 Å². The smallest absolute Gasteiger partial charge is 0.265 e. The lowest BCUT2D eigenvalue weighted by Gasteiger charge is -2.29. The minimum absolute atomic E-state index is 0.0949. The Morgan fingerprint density at radius 2 is 2.23 bits per heavy atom. The van der Waals surface area contributed by atoms with Crippen molar-refractivity contribution in [3.8, 4) is 5.75 Å². The average molecular weight is 301 g/mol. The Morgan fingerprint density at radius 3 is 3.00 bits per heavy atom. The molecule has 2 amide bonds. The van der Waals surface area contributed by atoms with Crippen LogP contribution in [0.5, 0.6) is 5.75 Å². The normalized spacial score (nSPS) is 13.5. The van der Waals surface area contributed by atoms with E-state index in [4.69, 9.17) is 14.9 Å². The van der Waals surface area contributed by atoms with Gasteiger partial charge in [0.1, 0.15) is 18.1 Å². The summed E-state index contributed by atoms with van der Waals surface area (Å²) >= 11 is 0. The molecule has 0 saturated carbocycles. The number of anilines is 2. The highest BCUT2D eigenvalue weighted by atomic mass is 16.5. The molecule has 1 aromatic carbocycles. The number of hydrogen-bond acceptors (Lipinski definition) is 5. The molecule has 1 aliphatic rings. The summed E-state index contributed by atoms with van der Waals surface area (Å²) in [5, 5.41) is 2.70. The molecule has 7 heteroatoms. The maximum absolute atomic E-state index is 12.0. The standard InChI is InChI=1S/C15H15N3O4/c16-10-3-4-13-12(6-10)18(15(20)9-22-13)8-14(19)17-7-11-2-1-5-21-11/h1-6H,7-9,16H2,(H,17,19). The van der Waals surface area contributed by atoms with E-state index in [0.717, 1.165) is 0 Å². The first-order chi connectivity index (χ1) is 10.6. The molecule has 0 aliphatic carbocycles. The number of furan rings is 1. The number of benzene rings is 1. The van der Waals surface area contributed by atoms with E-state index in [1.807, 2.05) is 0 Å². The zero-order valence-corrected chi connectivity index (χ0v) is 11.7. The number of nitrogen functional groups attached to an aromatic ring is 1. The Hall–Kier alpha value is -2.96. The highest BCUT2D eigenvalue weighted by Crippen LogP contribution is 2.33. The van der Waals surface area contributed by atoms with Crippen LogP contribution in [0.2, 0.25) is 0 Å². The summed E-state index contributed by atoms with van der Waals surface area (Å²) in [5.41, 5.74) is 6.74. The van der Waals surface area contributed by atoms with E-state index in [2.05, 4.69) is 5.32 Å². The summed E-state index contributed by atoms with van der Waals surface area (Å²) in [6.45, 7) is 0.0793. The Bertz CT molecular complexity index is 697. The van der Waals surface area contributed by atoms with Gasteiger partial charge in [0.25, 0.3) is 5.91 Å². The molecule has 0 fully saturated rings. The summed E-state index contributed by atoms with van der Waals surface area (Å²) in [6.07, 6.45) is 1.53. The Kier molecular flexibility index (Phi) is 3.69. The second-order valence-electron chi connectivity index (χ2n) is 4.85. The zero-order valence-electron chi connectivity index (χ0n) is 11.7. The molecule has 0 atom stereocenters. The number of nitrogens with two attached hydrogens (primary N) is 1. The second-order valence-corrected chi connectivity index (χ2v) is 4.85. The van der Waals surface area contributed by atoms with Gasteiger partial charge in [-0.15, -0.1) is 0 Å². The van der Waals surface area contributed by atoms with Gasteiger partial charge in [0.15, 0.2) is 6.61 Å². The summed E-state index contributed by atoms with van der Waals surface area (Å²) in [5.74, 6) is 0.602. The minimum atomic E-state index is -0.292. The quantitative estimate of drug-likeness (QED) is 0.818. The first-order valence-corrected chi connectivity index (χ1v) is 6.75. The van der Waals surface area contributed by atoms with Crippen molar-refractivity contribution in [1.29, 1.82) is 0 Å². The number of carbonyl (C=O) groups is 2. The molecule has 1 aromatic heterocycles. The van der Waals surface area contributed by atoms with E-state index in [1.54, 1.807) is 30.3 Å². The lowest BCUT2D eigenvalue weighted by atomic mass is 10.2. The van der Waals surface area contributed by atoms with Crippen LogP contribution in [0.1, 0.15) is 5.76 Å². The van der Waals surface area contributed by atoms with Gasteiger partial charge in [-0.05, 0) is 30.3 Å². The molecule has 3 rings (SSSR count). The highest BCUT2D eigenvalue weighted by molar-refractivity contribution is 6.02. The molecule has 3 N–H and O–H groups in total. The lowest BCUT2D eigenvalue weighted by molar-refractivity contribution is -0.125. The van der Waals surface area contributed by atoms with Crippen LogP contribution in [-0.4, -0.2) is 25.0 Å². The summed E-state index contributed by atoms with van der Waals surface area (Å²) in [7, 11) is 0. The topological polar surface area (TPSA) is 97.8 Å². The number of carbonyl (C=O) groups excluding carboxylic acids is 2. The van der Waals surface area contributed by atoms with Crippen LogP contribution in [0, 0.1) is 0 Å². The molecule has 0 saturated heterocycles. The predicted molar refractivity (Wildman–Crippen MR) is 79.3 cm³/mol. The maximum Gasteiger partial charge on any atom is 0.265 e. The molecule has 1 aliphatic heterocycles. The number of ether oxygens (including phenoxy) is 1. The molecule has 0 unspecified atom stereocenters. The Balaban J connectivity index is 1.70. The fourth-order valence-corrected chi connectivity index (χ4v) is 2.19. The molecular weight excluding hydrogens is 286 g/mol. The molecule has 0 bridgehead atoms. The highest BCUT2D eigenvalue weighted by Gasteiger charge is 2.27. The van der Waals surface area contributed by atoms with Gasteiger partial charge in [-0.25, -0.2) is 0 Å². The van der Waals surface area contributed by atoms with E-state index in [0.29, 0.717) is 22.9 Å². The van der Waals surface area contributed by atoms with Crippen LogP contribution in [0.25, 0.3) is 0 Å². The van der Waals surface area contributed by atoms with Gasteiger partial charge in [-0.1, -0.05) is 0 Å². The van der Waals surface area contributed by atoms with E-state index in [-0.39, 0.29) is 31.5 Å². The monoisotopic (exact) mass is 301 g/mol. The molecule has 0 spiro atoms. The van der Waals surface area contributed by atoms with Crippen molar-refractivity contribution in [1.82, 2.24) is 5.32 Å². The number of rotatable bonds is 4. The van der Waals surface area contributed by atoms with Crippen LogP contribution >= 0.6 is 0 Å². The van der Waals surface area contributed by atoms with Crippen molar-refractivity contribution in [2.45, 2.75) is 6.54 Å². The molecular formula is C15H15N3O4. The molecule has 7 nitrogen and oxygen atoms in total.